The summed E-state index contributed by atoms with van der Waals surface area (Å²) in [5.41, 5.74) is 2.10. The van der Waals surface area contributed by atoms with E-state index in [9.17, 15) is 9.90 Å². The number of carboxylic acids is 1. The Hall–Kier alpha value is -2.52. The van der Waals surface area contributed by atoms with E-state index in [2.05, 4.69) is 10.9 Å². The Labute approximate surface area is 195 Å². The fraction of sp³-hybridized carbons (Fsp3) is 0.538. The van der Waals surface area contributed by atoms with Gasteiger partial charge in [0.15, 0.2) is 10.8 Å². The van der Waals surface area contributed by atoms with Crippen molar-refractivity contribution in [2.75, 3.05) is 11.9 Å². The molecule has 0 radical (unpaired) electrons. The van der Waals surface area contributed by atoms with Crippen LogP contribution in [0, 0.1) is 12.5 Å². The maximum atomic E-state index is 12.3. The Morgan fingerprint density at radius 3 is 2.25 bits per heavy atom. The van der Waals surface area contributed by atoms with Crippen molar-refractivity contribution in [2.24, 2.45) is 0 Å². The van der Waals surface area contributed by atoms with E-state index in [0.717, 1.165) is 21.1 Å². The molecule has 1 N–H and O–H groups in total. The lowest BCUT2D eigenvalue weighted by molar-refractivity contribution is 0.0692. The molecule has 2 aliphatic rings. The number of carbonyl (C=O) groups is 1. The number of anilines is 1. The molecule has 4 rings (SSSR count). The molecule has 2 aliphatic carbocycles. The predicted octanol–water partition coefficient (Wildman–Crippen LogP) is 6.00. The quantitative estimate of drug-likeness (QED) is 0.413. The van der Waals surface area contributed by atoms with Gasteiger partial charge in [0, 0.05) is 25.2 Å². The van der Waals surface area contributed by atoms with Gasteiger partial charge in [-0.2, -0.15) is 0 Å². The molecule has 1 heterocycles. The zero-order chi connectivity index (χ0) is 22.5. The molecule has 0 atom stereocenters. The smallest absolute Gasteiger partial charge is 0.356 e. The molecule has 0 unspecified atom stereocenters. The van der Waals surface area contributed by atoms with Gasteiger partial charge < -0.3 is 14.9 Å². The Morgan fingerprint density at radius 2 is 1.69 bits per heavy atom. The monoisotopic (exact) mass is 451 g/mol. The minimum atomic E-state index is -0.963. The van der Waals surface area contributed by atoms with E-state index in [0.29, 0.717) is 18.6 Å². The third-order valence-electron chi connectivity index (χ3n) is 6.87. The summed E-state index contributed by atoms with van der Waals surface area (Å²) < 4.78 is 0. The number of aromatic nitrogens is 1. The van der Waals surface area contributed by atoms with Crippen LogP contribution in [0.5, 0.6) is 0 Å². The molecular weight excluding hydrogens is 418 g/mol. The SMILES string of the molecule is C#CN(C)Cc1ccccc1-c1sc(N(C2CCCCC2)C2CCCCC2)nc1C(=O)O. The van der Waals surface area contributed by atoms with Crippen molar-refractivity contribution < 1.29 is 9.90 Å². The average Bonchev–Trinajstić information content (AvgIpc) is 3.26. The fourth-order valence-corrected chi connectivity index (χ4v) is 6.52. The predicted molar refractivity (Wildman–Crippen MR) is 131 cm³/mol. The number of benzene rings is 1. The standard InChI is InChI=1S/C26H33N3O2S/c1-3-28(2)18-19-12-10-11-17-22(19)24-23(25(30)31)27-26(32-24)29(20-13-6-4-7-14-20)21-15-8-5-9-16-21/h1,10-12,17,20-21H,4-9,13-16,18H2,2H3,(H,30,31). The Morgan fingerprint density at radius 1 is 1.09 bits per heavy atom. The van der Waals surface area contributed by atoms with Crippen molar-refractivity contribution in [3.8, 4) is 22.9 Å². The van der Waals surface area contributed by atoms with Crippen LogP contribution >= 0.6 is 11.3 Å². The molecule has 2 fully saturated rings. The van der Waals surface area contributed by atoms with E-state index < -0.39 is 5.97 Å². The lowest BCUT2D eigenvalue weighted by atomic mass is 9.89. The highest BCUT2D eigenvalue weighted by molar-refractivity contribution is 7.19. The molecule has 2 saturated carbocycles. The van der Waals surface area contributed by atoms with Crippen molar-refractivity contribution in [2.45, 2.75) is 82.8 Å². The van der Waals surface area contributed by atoms with Crippen molar-refractivity contribution in [1.82, 2.24) is 9.88 Å². The number of terminal acetylenes is 1. The van der Waals surface area contributed by atoms with E-state index in [1.54, 1.807) is 16.2 Å². The highest BCUT2D eigenvalue weighted by atomic mass is 32.1. The molecule has 0 saturated heterocycles. The minimum Gasteiger partial charge on any atom is -0.476 e. The van der Waals surface area contributed by atoms with Crippen molar-refractivity contribution in [3.05, 3.63) is 35.5 Å². The largest absolute Gasteiger partial charge is 0.476 e. The zero-order valence-corrected chi connectivity index (χ0v) is 19.7. The molecule has 5 nitrogen and oxygen atoms in total. The molecule has 2 aromatic rings. The normalized spacial score (nSPS) is 17.6. The van der Waals surface area contributed by atoms with Crippen LogP contribution in [-0.4, -0.2) is 40.1 Å². The van der Waals surface area contributed by atoms with Crippen LogP contribution in [0.2, 0.25) is 0 Å². The number of thiazole rings is 1. The Balaban J connectivity index is 1.76. The second-order valence-corrected chi connectivity index (χ2v) is 10.1. The number of aromatic carboxylic acids is 1. The van der Waals surface area contributed by atoms with Crippen LogP contribution < -0.4 is 4.90 Å². The van der Waals surface area contributed by atoms with Crippen molar-refractivity contribution in [3.63, 3.8) is 0 Å². The fourth-order valence-electron chi connectivity index (χ4n) is 5.26. The summed E-state index contributed by atoms with van der Waals surface area (Å²) in [6.45, 7) is 0.563. The lowest BCUT2D eigenvalue weighted by Gasteiger charge is -2.41. The number of carboxylic acid groups (broad SMARTS) is 1. The molecule has 6 heteroatoms. The number of rotatable bonds is 7. The van der Waals surface area contributed by atoms with Gasteiger partial charge in [0.1, 0.15) is 0 Å². The van der Waals surface area contributed by atoms with Gasteiger partial charge in [-0.05, 0) is 36.8 Å². The molecule has 0 amide bonds. The van der Waals surface area contributed by atoms with Crippen LogP contribution in [0.3, 0.4) is 0 Å². The van der Waals surface area contributed by atoms with Gasteiger partial charge in [0.05, 0.1) is 11.4 Å². The lowest BCUT2D eigenvalue weighted by Crippen LogP contribution is -2.45. The summed E-state index contributed by atoms with van der Waals surface area (Å²) in [4.78, 5) is 22.1. The average molecular weight is 452 g/mol. The third kappa shape index (κ3) is 4.94. The van der Waals surface area contributed by atoms with E-state index >= 15 is 0 Å². The second kappa shape index (κ2) is 10.4. The minimum absolute atomic E-state index is 0.164. The number of nitrogens with zero attached hydrogens (tertiary/aromatic N) is 3. The molecule has 32 heavy (non-hydrogen) atoms. The summed E-state index contributed by atoms with van der Waals surface area (Å²) in [5.74, 6) is -0.963. The summed E-state index contributed by atoms with van der Waals surface area (Å²) in [5, 5.41) is 10.9. The molecule has 1 aromatic heterocycles. The first-order valence-electron chi connectivity index (χ1n) is 11.9. The van der Waals surface area contributed by atoms with Gasteiger partial charge in [-0.25, -0.2) is 9.78 Å². The summed E-state index contributed by atoms with van der Waals surface area (Å²) >= 11 is 1.55. The maximum Gasteiger partial charge on any atom is 0.356 e. The van der Waals surface area contributed by atoms with Gasteiger partial charge >= 0.3 is 5.97 Å². The molecule has 0 bridgehead atoms. The van der Waals surface area contributed by atoms with E-state index in [1.165, 1.54) is 64.2 Å². The van der Waals surface area contributed by atoms with E-state index in [1.807, 2.05) is 31.3 Å². The van der Waals surface area contributed by atoms with Crippen LogP contribution in [0.1, 0.15) is 80.3 Å². The second-order valence-electron chi connectivity index (χ2n) is 9.11. The van der Waals surface area contributed by atoms with E-state index in [4.69, 9.17) is 11.4 Å². The van der Waals surface area contributed by atoms with Gasteiger partial charge in [0.2, 0.25) is 0 Å². The topological polar surface area (TPSA) is 56.7 Å². The van der Waals surface area contributed by atoms with Gasteiger partial charge in [-0.3, -0.25) is 0 Å². The van der Waals surface area contributed by atoms with Gasteiger partial charge in [0.25, 0.3) is 0 Å². The first kappa shape index (κ1) is 22.7. The van der Waals surface area contributed by atoms with E-state index in [-0.39, 0.29) is 5.69 Å². The summed E-state index contributed by atoms with van der Waals surface area (Å²) in [6.07, 6.45) is 17.9. The van der Waals surface area contributed by atoms with Crippen molar-refractivity contribution in [1.29, 1.82) is 0 Å². The molecule has 0 aliphatic heterocycles. The third-order valence-corrected chi connectivity index (χ3v) is 7.97. The van der Waals surface area contributed by atoms with Crippen LogP contribution in [-0.2, 0) is 6.54 Å². The molecule has 1 aromatic carbocycles. The van der Waals surface area contributed by atoms with Crippen LogP contribution in [0.25, 0.3) is 10.4 Å². The highest BCUT2D eigenvalue weighted by Crippen LogP contribution is 2.41. The van der Waals surface area contributed by atoms with Gasteiger partial charge in [-0.15, -0.1) is 0 Å². The first-order valence-corrected chi connectivity index (χ1v) is 12.7. The zero-order valence-electron chi connectivity index (χ0n) is 18.9. The summed E-state index contributed by atoms with van der Waals surface area (Å²) in [6, 6.07) is 11.5. The Bertz CT molecular complexity index is 950. The first-order chi connectivity index (χ1) is 15.6. The highest BCUT2D eigenvalue weighted by Gasteiger charge is 2.33. The summed E-state index contributed by atoms with van der Waals surface area (Å²) in [7, 11) is 1.86. The van der Waals surface area contributed by atoms with Crippen LogP contribution in [0.15, 0.2) is 24.3 Å². The van der Waals surface area contributed by atoms with Gasteiger partial charge in [-0.1, -0.05) is 80.6 Å². The number of hydrogen-bond acceptors (Lipinski definition) is 5. The molecule has 0 spiro atoms. The Kier molecular flexibility index (Phi) is 7.36. The number of hydrogen-bond donors (Lipinski definition) is 1. The van der Waals surface area contributed by atoms with Crippen LogP contribution in [0.4, 0.5) is 5.13 Å². The molecule has 170 valence electrons. The maximum absolute atomic E-state index is 12.3. The molecular formula is C26H33N3O2S. The van der Waals surface area contributed by atoms with Crippen molar-refractivity contribution >= 4 is 22.4 Å².